The Morgan fingerprint density at radius 1 is 0.966 bits per heavy atom. The number of aliphatic imine (C=N–C) groups is 1. The molecule has 0 radical (unpaired) electrons. The molecule has 2 fully saturated rings. The van der Waals surface area contributed by atoms with Crippen molar-refractivity contribution in [3.8, 4) is 0 Å². The van der Waals surface area contributed by atoms with Gasteiger partial charge in [0, 0.05) is 17.7 Å². The van der Waals surface area contributed by atoms with Crippen LogP contribution in [0.5, 0.6) is 0 Å². The van der Waals surface area contributed by atoms with E-state index in [-0.39, 0.29) is 29.3 Å². The fraction of sp³-hybridized carbons (Fsp3) is 0.286. The first-order valence-corrected chi connectivity index (χ1v) is 9.57. The van der Waals surface area contributed by atoms with Crippen LogP contribution in [0.4, 0.5) is 11.4 Å². The highest BCUT2D eigenvalue weighted by atomic mass is 16.6. The number of nitrogens with one attached hydrogen (secondary N) is 1. The molecule has 29 heavy (non-hydrogen) atoms. The summed E-state index contributed by atoms with van der Waals surface area (Å²) < 4.78 is 0. The minimum absolute atomic E-state index is 0.0351. The predicted octanol–water partition coefficient (Wildman–Crippen LogP) is 3.35. The van der Waals surface area contributed by atoms with Crippen LogP contribution >= 0.6 is 0 Å². The molecule has 2 aliphatic rings. The molecule has 0 aromatic heterocycles. The zero-order valence-electron chi connectivity index (χ0n) is 15.7. The third kappa shape index (κ3) is 3.73. The molecule has 1 aliphatic carbocycles. The van der Waals surface area contributed by atoms with E-state index in [0.717, 1.165) is 30.7 Å². The van der Waals surface area contributed by atoms with E-state index in [1.54, 1.807) is 0 Å². The van der Waals surface area contributed by atoms with Crippen LogP contribution < -0.4 is 5.43 Å². The van der Waals surface area contributed by atoms with Crippen molar-refractivity contribution in [2.45, 2.75) is 25.7 Å². The van der Waals surface area contributed by atoms with E-state index in [9.17, 15) is 19.7 Å². The first-order valence-electron chi connectivity index (χ1n) is 9.57. The van der Waals surface area contributed by atoms with Gasteiger partial charge in [0.15, 0.2) is 5.84 Å². The summed E-state index contributed by atoms with van der Waals surface area (Å²) in [4.78, 5) is 40.5. The Hall–Kier alpha value is -3.55. The largest absolute Gasteiger partial charge is 0.272 e. The number of hydrogen-bond acceptors (Lipinski definition) is 5. The quantitative estimate of drug-likeness (QED) is 0.282. The number of nitro groups is 1. The number of hydrazine groups is 1. The van der Waals surface area contributed by atoms with E-state index in [4.69, 9.17) is 0 Å². The minimum Gasteiger partial charge on any atom is -0.272 e. The lowest BCUT2D eigenvalue weighted by atomic mass is 9.81. The Morgan fingerprint density at radius 2 is 1.55 bits per heavy atom. The van der Waals surface area contributed by atoms with Gasteiger partial charge < -0.3 is 0 Å². The lowest BCUT2D eigenvalue weighted by molar-refractivity contribution is -0.384. The third-order valence-electron chi connectivity index (χ3n) is 5.41. The molecular weight excluding hydrogens is 372 g/mol. The summed E-state index contributed by atoms with van der Waals surface area (Å²) in [6, 6.07) is 14.9. The number of amides is 2. The number of nitrogens with zero attached hydrogens (tertiary/aromatic N) is 3. The highest BCUT2D eigenvalue weighted by Gasteiger charge is 2.48. The van der Waals surface area contributed by atoms with Gasteiger partial charge in [-0.2, -0.15) is 5.01 Å². The maximum absolute atomic E-state index is 12.8. The van der Waals surface area contributed by atoms with Gasteiger partial charge in [-0.1, -0.05) is 43.2 Å². The van der Waals surface area contributed by atoms with Crippen molar-refractivity contribution in [3.63, 3.8) is 0 Å². The maximum atomic E-state index is 12.8. The fourth-order valence-electron chi connectivity index (χ4n) is 3.91. The second-order valence-corrected chi connectivity index (χ2v) is 7.22. The van der Waals surface area contributed by atoms with E-state index in [2.05, 4.69) is 10.4 Å². The van der Waals surface area contributed by atoms with Crippen LogP contribution in [0.25, 0.3) is 0 Å². The van der Waals surface area contributed by atoms with Crippen molar-refractivity contribution in [2.24, 2.45) is 16.8 Å². The second kappa shape index (κ2) is 7.83. The highest BCUT2D eigenvalue weighted by Crippen LogP contribution is 2.37. The molecule has 2 amide bonds. The van der Waals surface area contributed by atoms with Gasteiger partial charge in [-0.05, 0) is 25.0 Å². The van der Waals surface area contributed by atoms with Crippen LogP contribution in [0.3, 0.4) is 0 Å². The van der Waals surface area contributed by atoms with Crippen molar-refractivity contribution in [2.75, 3.05) is 0 Å². The van der Waals surface area contributed by atoms with E-state index >= 15 is 0 Å². The number of carbonyl (C=O) groups is 2. The number of amidine groups is 1. The summed E-state index contributed by atoms with van der Waals surface area (Å²) in [5.41, 5.74) is 4.06. The minimum atomic E-state index is -0.479. The zero-order valence-corrected chi connectivity index (χ0v) is 15.7. The van der Waals surface area contributed by atoms with Gasteiger partial charge in [-0.25, -0.2) is 4.99 Å². The van der Waals surface area contributed by atoms with Crippen LogP contribution in [0, 0.1) is 22.0 Å². The molecule has 8 heteroatoms. The summed E-state index contributed by atoms with van der Waals surface area (Å²) in [6.45, 7) is 0. The Kier molecular flexibility index (Phi) is 5.07. The Balaban J connectivity index is 1.66. The second-order valence-electron chi connectivity index (χ2n) is 7.22. The first-order chi connectivity index (χ1) is 14.0. The first kappa shape index (κ1) is 18.8. The number of benzene rings is 2. The molecule has 2 aromatic carbocycles. The van der Waals surface area contributed by atoms with Gasteiger partial charge in [0.2, 0.25) is 0 Å². The topological polar surface area (TPSA) is 105 Å². The van der Waals surface area contributed by atoms with E-state index in [1.807, 2.05) is 30.3 Å². The highest BCUT2D eigenvalue weighted by molar-refractivity contribution is 6.09. The van der Waals surface area contributed by atoms with Crippen molar-refractivity contribution >= 4 is 29.0 Å². The van der Waals surface area contributed by atoms with Crippen molar-refractivity contribution in [1.82, 2.24) is 10.4 Å². The summed E-state index contributed by atoms with van der Waals surface area (Å²) in [5, 5.41) is 12.0. The predicted molar refractivity (Wildman–Crippen MR) is 106 cm³/mol. The normalized spacial score (nSPS) is 21.8. The van der Waals surface area contributed by atoms with Crippen LogP contribution in [0.2, 0.25) is 0 Å². The summed E-state index contributed by atoms with van der Waals surface area (Å²) >= 11 is 0. The van der Waals surface area contributed by atoms with Crippen molar-refractivity contribution in [1.29, 1.82) is 0 Å². The summed E-state index contributed by atoms with van der Waals surface area (Å²) in [5.74, 6) is -0.626. The average molecular weight is 392 g/mol. The lowest BCUT2D eigenvalue weighted by Gasteiger charge is -2.19. The van der Waals surface area contributed by atoms with Crippen LogP contribution in [0.1, 0.15) is 31.2 Å². The Bertz CT molecular complexity index is 948. The molecule has 1 saturated carbocycles. The zero-order chi connectivity index (χ0) is 20.4. The van der Waals surface area contributed by atoms with E-state index in [1.165, 1.54) is 24.3 Å². The molecular formula is C21H20N4O4. The smallest absolute Gasteiger partial charge is 0.269 e. The summed E-state index contributed by atoms with van der Waals surface area (Å²) in [7, 11) is 0. The van der Waals surface area contributed by atoms with Gasteiger partial charge in [-0.15, -0.1) is 0 Å². The molecule has 4 rings (SSSR count). The number of carbonyl (C=O) groups excluding carboxylic acids is 2. The monoisotopic (exact) mass is 392 g/mol. The third-order valence-corrected chi connectivity index (χ3v) is 5.41. The Morgan fingerprint density at radius 3 is 2.10 bits per heavy atom. The number of non-ortho nitro benzene ring substituents is 1. The van der Waals surface area contributed by atoms with E-state index < -0.39 is 4.92 Å². The number of fused-ring (bicyclic) bond motifs is 1. The molecule has 1 aliphatic heterocycles. The molecule has 1 saturated heterocycles. The maximum Gasteiger partial charge on any atom is 0.269 e. The number of imide groups is 1. The fourth-order valence-corrected chi connectivity index (χ4v) is 3.91. The number of nitro benzene ring substituents is 1. The van der Waals surface area contributed by atoms with Gasteiger partial charge >= 0.3 is 0 Å². The summed E-state index contributed by atoms with van der Waals surface area (Å²) in [6.07, 6.45) is 3.37. The van der Waals surface area contributed by atoms with Gasteiger partial charge in [-0.3, -0.25) is 25.1 Å². The average Bonchev–Trinajstić information content (AvgIpc) is 2.99. The molecule has 0 bridgehead atoms. The van der Waals surface area contributed by atoms with Gasteiger partial charge in [0.05, 0.1) is 22.4 Å². The molecule has 0 spiro atoms. The molecule has 1 N–H and O–H groups in total. The molecule has 148 valence electrons. The number of rotatable bonds is 4. The molecule has 1 heterocycles. The van der Waals surface area contributed by atoms with Gasteiger partial charge in [0.1, 0.15) is 0 Å². The van der Waals surface area contributed by atoms with Crippen molar-refractivity contribution < 1.29 is 14.5 Å². The van der Waals surface area contributed by atoms with Crippen LogP contribution in [-0.2, 0) is 9.59 Å². The van der Waals surface area contributed by atoms with Crippen LogP contribution in [0.15, 0.2) is 59.6 Å². The standard InChI is InChI=1S/C21H20N4O4/c26-20-17-8-4-5-9-18(17)21(27)24(20)23-19(14-6-2-1-3-7-14)22-15-10-12-16(13-11-15)25(28)29/h1-3,6-7,10-13,17-18H,4-5,8-9H2,(H,22,23). The molecule has 2 aromatic rings. The van der Waals surface area contributed by atoms with Crippen LogP contribution in [-0.4, -0.2) is 27.6 Å². The lowest BCUT2D eigenvalue weighted by Crippen LogP contribution is -2.46. The van der Waals surface area contributed by atoms with Gasteiger partial charge in [0.25, 0.3) is 17.5 Å². The van der Waals surface area contributed by atoms with Crippen molar-refractivity contribution in [3.05, 3.63) is 70.3 Å². The Labute approximate surface area is 167 Å². The van der Waals surface area contributed by atoms with E-state index in [0.29, 0.717) is 17.1 Å². The molecule has 8 nitrogen and oxygen atoms in total. The molecule has 2 atom stereocenters. The number of hydrogen-bond donors (Lipinski definition) is 1. The molecule has 2 unspecified atom stereocenters. The SMILES string of the molecule is O=C1C2CCCCC2C(=O)N1NC(=Nc1ccc([N+](=O)[O-])cc1)c1ccccc1.